The average Bonchev–Trinajstić information content (AvgIpc) is 2.97. The summed E-state index contributed by atoms with van der Waals surface area (Å²) >= 11 is 0. The van der Waals surface area contributed by atoms with Gasteiger partial charge in [0.15, 0.2) is 11.5 Å². The molecule has 1 aromatic carbocycles. The number of fused-ring (bicyclic) bond motifs is 1. The molecule has 104 valence electrons. The molecule has 19 heavy (non-hydrogen) atoms. The molecule has 1 unspecified atom stereocenters. The molecule has 0 spiro atoms. The second-order valence-corrected chi connectivity index (χ2v) is 5.60. The van der Waals surface area contributed by atoms with Gasteiger partial charge in [-0.25, -0.2) is 0 Å². The van der Waals surface area contributed by atoms with Crippen LogP contribution in [-0.2, 0) is 0 Å². The molecular weight excluding hydrogens is 238 g/mol. The molecule has 0 amide bonds. The molecular formula is C16H23NO2. The largest absolute Gasteiger partial charge is 0.486 e. The lowest BCUT2D eigenvalue weighted by atomic mass is 9.93. The van der Waals surface area contributed by atoms with Crippen molar-refractivity contribution in [2.24, 2.45) is 5.92 Å². The highest BCUT2D eigenvalue weighted by Gasteiger charge is 2.25. The van der Waals surface area contributed by atoms with Crippen LogP contribution in [0.1, 0.15) is 43.7 Å². The predicted molar refractivity (Wildman–Crippen MR) is 75.8 cm³/mol. The molecule has 0 aromatic heterocycles. The van der Waals surface area contributed by atoms with Crippen molar-refractivity contribution in [1.82, 2.24) is 5.32 Å². The Kier molecular flexibility index (Phi) is 3.92. The fourth-order valence-corrected chi connectivity index (χ4v) is 3.35. The summed E-state index contributed by atoms with van der Waals surface area (Å²) in [6, 6.07) is 6.62. The first-order chi connectivity index (χ1) is 9.38. The van der Waals surface area contributed by atoms with E-state index in [0.29, 0.717) is 19.3 Å². The molecule has 1 N–H and O–H groups in total. The first kappa shape index (κ1) is 12.8. The highest BCUT2D eigenvalue weighted by Crippen LogP contribution is 2.40. The Morgan fingerprint density at radius 2 is 2.00 bits per heavy atom. The van der Waals surface area contributed by atoms with E-state index < -0.39 is 0 Å². The van der Waals surface area contributed by atoms with E-state index in [1.807, 2.05) is 13.1 Å². The summed E-state index contributed by atoms with van der Waals surface area (Å²) in [5, 5.41) is 3.46. The Morgan fingerprint density at radius 1 is 1.21 bits per heavy atom. The molecule has 0 bridgehead atoms. The number of rotatable bonds is 4. The van der Waals surface area contributed by atoms with Crippen molar-refractivity contribution in [1.29, 1.82) is 0 Å². The lowest BCUT2D eigenvalue weighted by Gasteiger charge is -2.26. The minimum absolute atomic E-state index is 0.375. The summed E-state index contributed by atoms with van der Waals surface area (Å²) in [6.45, 7) is 1.31. The van der Waals surface area contributed by atoms with Crippen LogP contribution >= 0.6 is 0 Å². The highest BCUT2D eigenvalue weighted by atomic mass is 16.6. The van der Waals surface area contributed by atoms with E-state index in [9.17, 15) is 0 Å². The Labute approximate surface area is 115 Å². The first-order valence-electron chi connectivity index (χ1n) is 7.44. The van der Waals surface area contributed by atoms with Gasteiger partial charge in [-0.1, -0.05) is 37.8 Å². The predicted octanol–water partition coefficient (Wildman–Crippen LogP) is 3.30. The van der Waals surface area contributed by atoms with Crippen LogP contribution in [0.15, 0.2) is 18.2 Å². The Balaban J connectivity index is 1.81. The second kappa shape index (κ2) is 5.83. The van der Waals surface area contributed by atoms with Gasteiger partial charge in [-0.05, 0) is 25.5 Å². The molecule has 2 aliphatic rings. The Bertz CT molecular complexity index is 427. The zero-order valence-corrected chi connectivity index (χ0v) is 11.7. The summed E-state index contributed by atoms with van der Waals surface area (Å²) in [5.74, 6) is 2.71. The molecule has 1 fully saturated rings. The van der Waals surface area contributed by atoms with Crippen molar-refractivity contribution in [2.75, 3.05) is 20.3 Å². The Morgan fingerprint density at radius 3 is 2.79 bits per heavy atom. The standard InChI is InChI=1S/C16H23NO2/c1-17-14(11-12-5-2-3-6-12)13-7-4-8-15-16(13)19-10-9-18-15/h4,7-8,12,14,17H,2-3,5-6,9-11H2,1H3. The van der Waals surface area contributed by atoms with E-state index in [1.54, 1.807) is 0 Å². The third-order valence-corrected chi connectivity index (χ3v) is 4.36. The fraction of sp³-hybridized carbons (Fsp3) is 0.625. The van der Waals surface area contributed by atoms with Crippen molar-refractivity contribution in [3.05, 3.63) is 23.8 Å². The first-order valence-corrected chi connectivity index (χ1v) is 7.44. The maximum Gasteiger partial charge on any atom is 0.166 e. The van der Waals surface area contributed by atoms with Gasteiger partial charge in [0.1, 0.15) is 13.2 Å². The van der Waals surface area contributed by atoms with Crippen molar-refractivity contribution >= 4 is 0 Å². The molecule has 1 aliphatic heterocycles. The minimum atomic E-state index is 0.375. The zero-order chi connectivity index (χ0) is 13.1. The number of benzene rings is 1. The number of hydrogen-bond donors (Lipinski definition) is 1. The third kappa shape index (κ3) is 2.71. The summed E-state index contributed by atoms with van der Waals surface area (Å²) in [7, 11) is 2.04. The smallest absolute Gasteiger partial charge is 0.166 e. The summed E-state index contributed by atoms with van der Waals surface area (Å²) < 4.78 is 11.5. The van der Waals surface area contributed by atoms with Gasteiger partial charge in [0, 0.05) is 11.6 Å². The SMILES string of the molecule is CNC(CC1CCCC1)c1cccc2c1OCCO2. The monoisotopic (exact) mass is 261 g/mol. The molecule has 0 saturated heterocycles. The topological polar surface area (TPSA) is 30.5 Å². The number of ether oxygens (including phenoxy) is 2. The van der Waals surface area contributed by atoms with Crippen LogP contribution in [0, 0.1) is 5.92 Å². The van der Waals surface area contributed by atoms with Gasteiger partial charge in [-0.3, -0.25) is 0 Å². The van der Waals surface area contributed by atoms with E-state index in [-0.39, 0.29) is 0 Å². The fourth-order valence-electron chi connectivity index (χ4n) is 3.35. The molecule has 3 nitrogen and oxygen atoms in total. The van der Waals surface area contributed by atoms with Crippen molar-refractivity contribution in [3.63, 3.8) is 0 Å². The van der Waals surface area contributed by atoms with Gasteiger partial charge >= 0.3 is 0 Å². The van der Waals surface area contributed by atoms with Gasteiger partial charge in [-0.2, -0.15) is 0 Å². The number of nitrogens with one attached hydrogen (secondary N) is 1. The molecule has 0 radical (unpaired) electrons. The van der Waals surface area contributed by atoms with Gasteiger partial charge in [0.05, 0.1) is 0 Å². The maximum absolute atomic E-state index is 5.84. The second-order valence-electron chi connectivity index (χ2n) is 5.60. The van der Waals surface area contributed by atoms with E-state index in [4.69, 9.17) is 9.47 Å². The van der Waals surface area contributed by atoms with Crippen molar-refractivity contribution in [3.8, 4) is 11.5 Å². The number of hydrogen-bond acceptors (Lipinski definition) is 3. The molecule has 3 rings (SSSR count). The highest BCUT2D eigenvalue weighted by molar-refractivity contribution is 5.48. The van der Waals surface area contributed by atoms with Crippen molar-refractivity contribution < 1.29 is 9.47 Å². The molecule has 1 aromatic rings. The quantitative estimate of drug-likeness (QED) is 0.902. The van der Waals surface area contributed by atoms with Gasteiger partial charge < -0.3 is 14.8 Å². The van der Waals surface area contributed by atoms with Crippen LogP contribution in [-0.4, -0.2) is 20.3 Å². The van der Waals surface area contributed by atoms with Crippen LogP contribution < -0.4 is 14.8 Å². The van der Waals surface area contributed by atoms with Crippen LogP contribution in [0.4, 0.5) is 0 Å². The zero-order valence-electron chi connectivity index (χ0n) is 11.7. The molecule has 1 saturated carbocycles. The minimum Gasteiger partial charge on any atom is -0.486 e. The van der Waals surface area contributed by atoms with E-state index in [0.717, 1.165) is 17.4 Å². The van der Waals surface area contributed by atoms with E-state index >= 15 is 0 Å². The van der Waals surface area contributed by atoms with Gasteiger partial charge in [0.2, 0.25) is 0 Å². The van der Waals surface area contributed by atoms with E-state index in [1.165, 1.54) is 37.7 Å². The average molecular weight is 261 g/mol. The molecule has 1 heterocycles. The molecule has 3 heteroatoms. The van der Waals surface area contributed by atoms with E-state index in [2.05, 4.69) is 17.4 Å². The lowest BCUT2D eigenvalue weighted by Crippen LogP contribution is -2.23. The van der Waals surface area contributed by atoms with Gasteiger partial charge in [0.25, 0.3) is 0 Å². The lowest BCUT2D eigenvalue weighted by molar-refractivity contribution is 0.168. The van der Waals surface area contributed by atoms with Crippen LogP contribution in [0.3, 0.4) is 0 Å². The van der Waals surface area contributed by atoms with Crippen LogP contribution in [0.2, 0.25) is 0 Å². The maximum atomic E-state index is 5.84. The van der Waals surface area contributed by atoms with Crippen LogP contribution in [0.5, 0.6) is 11.5 Å². The summed E-state index contributed by atoms with van der Waals surface area (Å²) in [6.07, 6.45) is 6.76. The van der Waals surface area contributed by atoms with Crippen LogP contribution in [0.25, 0.3) is 0 Å². The third-order valence-electron chi connectivity index (χ3n) is 4.36. The van der Waals surface area contributed by atoms with Gasteiger partial charge in [-0.15, -0.1) is 0 Å². The number of para-hydroxylation sites is 1. The normalized spacial score (nSPS) is 20.5. The summed E-state index contributed by atoms with van der Waals surface area (Å²) in [5.41, 5.74) is 1.26. The molecule has 1 atom stereocenters. The van der Waals surface area contributed by atoms with Crippen molar-refractivity contribution in [2.45, 2.75) is 38.1 Å². The Hall–Kier alpha value is -1.22. The summed E-state index contributed by atoms with van der Waals surface area (Å²) in [4.78, 5) is 0. The molecule has 1 aliphatic carbocycles.